The fourth-order valence-electron chi connectivity index (χ4n) is 1.27. The number of ether oxygens (including phenoxy) is 1. The highest BCUT2D eigenvalue weighted by Gasteiger charge is 2.39. The molecule has 1 fully saturated rings. The van der Waals surface area contributed by atoms with Crippen molar-refractivity contribution in [1.82, 2.24) is 0 Å². The van der Waals surface area contributed by atoms with Gasteiger partial charge in [0, 0.05) is 6.61 Å². The van der Waals surface area contributed by atoms with Crippen molar-refractivity contribution in [1.29, 1.82) is 0 Å². The predicted molar refractivity (Wildman–Crippen MR) is 39.8 cm³/mol. The summed E-state index contributed by atoms with van der Waals surface area (Å²) in [7, 11) is 0. The first-order chi connectivity index (χ1) is 4.75. The van der Waals surface area contributed by atoms with Gasteiger partial charge in [-0.05, 0) is 18.8 Å². The van der Waals surface area contributed by atoms with Crippen LogP contribution < -0.4 is 0 Å². The molecule has 1 heterocycles. The highest BCUT2D eigenvalue weighted by Crippen LogP contribution is 2.32. The zero-order valence-corrected chi connectivity index (χ0v) is 6.71. The summed E-state index contributed by atoms with van der Waals surface area (Å²) in [5, 5.41) is 8.51. The Morgan fingerprint density at radius 1 is 1.50 bits per heavy atom. The second kappa shape index (κ2) is 3.35. The lowest BCUT2D eigenvalue weighted by atomic mass is 10.1. The highest BCUT2D eigenvalue weighted by atomic mass is 16.6. The van der Waals surface area contributed by atoms with Crippen LogP contribution in [0.4, 0.5) is 0 Å². The molecule has 1 N–H and O–H groups in total. The lowest BCUT2D eigenvalue weighted by Gasteiger charge is -1.95. The molecule has 0 aromatic heterocycles. The first kappa shape index (κ1) is 8.02. The number of hydrogen-bond acceptors (Lipinski definition) is 2. The van der Waals surface area contributed by atoms with Crippen molar-refractivity contribution in [3.8, 4) is 0 Å². The van der Waals surface area contributed by atoms with E-state index in [2.05, 4.69) is 13.8 Å². The van der Waals surface area contributed by atoms with Crippen LogP contribution in [0.15, 0.2) is 0 Å². The summed E-state index contributed by atoms with van der Waals surface area (Å²) in [6.07, 6.45) is 2.84. The van der Waals surface area contributed by atoms with Gasteiger partial charge in [-0.15, -0.1) is 0 Å². The van der Waals surface area contributed by atoms with Crippen LogP contribution in [0.3, 0.4) is 0 Å². The van der Waals surface area contributed by atoms with Gasteiger partial charge in [0.1, 0.15) is 0 Å². The monoisotopic (exact) mass is 144 g/mol. The van der Waals surface area contributed by atoms with Crippen molar-refractivity contribution in [2.24, 2.45) is 5.92 Å². The normalized spacial score (nSPS) is 31.2. The van der Waals surface area contributed by atoms with Crippen LogP contribution in [-0.2, 0) is 4.74 Å². The SMILES string of the molecule is CC(C)C1OC1CCCO. The fraction of sp³-hybridized carbons (Fsp3) is 1.00. The summed E-state index contributed by atoms with van der Waals surface area (Å²) < 4.78 is 5.37. The van der Waals surface area contributed by atoms with Crippen molar-refractivity contribution in [3.63, 3.8) is 0 Å². The van der Waals surface area contributed by atoms with E-state index in [1.54, 1.807) is 0 Å². The molecule has 0 radical (unpaired) electrons. The molecule has 1 saturated heterocycles. The van der Waals surface area contributed by atoms with E-state index >= 15 is 0 Å². The van der Waals surface area contributed by atoms with Gasteiger partial charge in [-0.25, -0.2) is 0 Å². The average molecular weight is 144 g/mol. The summed E-state index contributed by atoms with van der Waals surface area (Å²) in [5.74, 6) is 0.642. The summed E-state index contributed by atoms with van der Waals surface area (Å²) in [6.45, 7) is 4.64. The van der Waals surface area contributed by atoms with Crippen LogP contribution in [0.2, 0.25) is 0 Å². The molecular formula is C8H16O2. The topological polar surface area (TPSA) is 32.8 Å². The Bertz CT molecular complexity index is 101. The minimum absolute atomic E-state index is 0.296. The standard InChI is InChI=1S/C8H16O2/c1-6(2)8-7(10-8)4-3-5-9/h6-9H,3-5H2,1-2H3. The lowest BCUT2D eigenvalue weighted by Crippen LogP contribution is -2.02. The molecule has 0 aromatic carbocycles. The Hall–Kier alpha value is -0.0800. The third-order valence-electron chi connectivity index (χ3n) is 1.93. The Morgan fingerprint density at radius 3 is 2.60 bits per heavy atom. The Kier molecular flexibility index (Phi) is 2.69. The Morgan fingerprint density at radius 2 is 2.20 bits per heavy atom. The maximum absolute atomic E-state index is 8.51. The minimum Gasteiger partial charge on any atom is -0.396 e. The minimum atomic E-state index is 0.296. The second-order valence-corrected chi connectivity index (χ2v) is 3.25. The third-order valence-corrected chi connectivity index (χ3v) is 1.93. The van der Waals surface area contributed by atoms with Crippen LogP contribution >= 0.6 is 0 Å². The van der Waals surface area contributed by atoms with E-state index in [0.717, 1.165) is 12.8 Å². The Labute approximate surface area is 62.2 Å². The van der Waals surface area contributed by atoms with E-state index in [9.17, 15) is 0 Å². The van der Waals surface area contributed by atoms with Crippen LogP contribution in [0.25, 0.3) is 0 Å². The van der Waals surface area contributed by atoms with Crippen molar-refractivity contribution in [3.05, 3.63) is 0 Å². The van der Waals surface area contributed by atoms with Gasteiger partial charge in [-0.1, -0.05) is 13.8 Å². The van der Waals surface area contributed by atoms with E-state index in [0.29, 0.717) is 24.7 Å². The molecule has 0 aliphatic carbocycles. The summed E-state index contributed by atoms with van der Waals surface area (Å²) in [4.78, 5) is 0. The van der Waals surface area contributed by atoms with E-state index in [1.807, 2.05) is 0 Å². The largest absolute Gasteiger partial charge is 0.396 e. The molecule has 0 amide bonds. The first-order valence-corrected chi connectivity index (χ1v) is 4.02. The van der Waals surface area contributed by atoms with E-state index < -0.39 is 0 Å². The van der Waals surface area contributed by atoms with Gasteiger partial charge in [0.05, 0.1) is 12.2 Å². The summed E-state index contributed by atoms with van der Waals surface area (Å²) in [6, 6.07) is 0. The van der Waals surface area contributed by atoms with Gasteiger partial charge < -0.3 is 9.84 Å². The third kappa shape index (κ3) is 1.96. The molecule has 1 rings (SSSR count). The molecule has 2 unspecified atom stereocenters. The molecule has 10 heavy (non-hydrogen) atoms. The van der Waals surface area contributed by atoms with Gasteiger partial charge in [-0.3, -0.25) is 0 Å². The first-order valence-electron chi connectivity index (χ1n) is 4.02. The highest BCUT2D eigenvalue weighted by molar-refractivity contribution is 4.86. The molecule has 0 saturated carbocycles. The predicted octanol–water partition coefficient (Wildman–Crippen LogP) is 1.18. The van der Waals surface area contributed by atoms with Crippen LogP contribution in [-0.4, -0.2) is 23.9 Å². The zero-order valence-electron chi connectivity index (χ0n) is 6.71. The molecular weight excluding hydrogens is 128 g/mol. The van der Waals surface area contributed by atoms with Crippen molar-refractivity contribution in [2.45, 2.75) is 38.9 Å². The number of hydrogen-bond donors (Lipinski definition) is 1. The molecule has 60 valence electrons. The quantitative estimate of drug-likeness (QED) is 0.601. The maximum Gasteiger partial charge on any atom is 0.0864 e. The number of aliphatic hydroxyl groups is 1. The van der Waals surface area contributed by atoms with Gasteiger partial charge in [0.15, 0.2) is 0 Å². The van der Waals surface area contributed by atoms with Gasteiger partial charge in [0.25, 0.3) is 0 Å². The molecule has 1 aliphatic rings. The molecule has 2 atom stereocenters. The maximum atomic E-state index is 8.51. The number of aliphatic hydroxyl groups excluding tert-OH is 1. The van der Waals surface area contributed by atoms with Crippen LogP contribution in [0.5, 0.6) is 0 Å². The van der Waals surface area contributed by atoms with E-state index in [4.69, 9.17) is 9.84 Å². The summed E-state index contributed by atoms with van der Waals surface area (Å²) >= 11 is 0. The fourth-order valence-corrected chi connectivity index (χ4v) is 1.27. The van der Waals surface area contributed by atoms with E-state index in [-0.39, 0.29) is 0 Å². The Balaban J connectivity index is 2.02. The number of rotatable bonds is 4. The molecule has 2 nitrogen and oxygen atoms in total. The number of epoxide rings is 1. The van der Waals surface area contributed by atoms with Gasteiger partial charge >= 0.3 is 0 Å². The molecule has 0 spiro atoms. The zero-order chi connectivity index (χ0) is 7.56. The summed E-state index contributed by atoms with van der Waals surface area (Å²) in [5.41, 5.74) is 0. The molecule has 2 heteroatoms. The van der Waals surface area contributed by atoms with Crippen molar-refractivity contribution < 1.29 is 9.84 Å². The van der Waals surface area contributed by atoms with Crippen LogP contribution in [0, 0.1) is 5.92 Å². The van der Waals surface area contributed by atoms with E-state index in [1.165, 1.54) is 0 Å². The molecule has 0 bridgehead atoms. The lowest BCUT2D eigenvalue weighted by molar-refractivity contribution is 0.271. The van der Waals surface area contributed by atoms with Gasteiger partial charge in [-0.2, -0.15) is 0 Å². The molecule has 1 aliphatic heterocycles. The molecule has 0 aromatic rings. The second-order valence-electron chi connectivity index (χ2n) is 3.25. The van der Waals surface area contributed by atoms with Crippen LogP contribution in [0.1, 0.15) is 26.7 Å². The van der Waals surface area contributed by atoms with Gasteiger partial charge in [0.2, 0.25) is 0 Å². The smallest absolute Gasteiger partial charge is 0.0864 e. The van der Waals surface area contributed by atoms with Crippen molar-refractivity contribution >= 4 is 0 Å². The average Bonchev–Trinajstić information content (AvgIpc) is 2.62. The van der Waals surface area contributed by atoms with Crippen molar-refractivity contribution in [2.75, 3.05) is 6.61 Å².